The van der Waals surface area contributed by atoms with E-state index in [1.54, 1.807) is 24.3 Å². The van der Waals surface area contributed by atoms with Gasteiger partial charge in [-0.2, -0.15) is 0 Å². The SMILES string of the molecule is Cc1ccc([C@@H](CC(=O)O)[C@@H](N)C(=O)O)cc1. The molecule has 0 radical (unpaired) electrons. The van der Waals surface area contributed by atoms with Gasteiger partial charge in [-0.05, 0) is 12.5 Å². The number of rotatable bonds is 5. The molecular weight excluding hydrogens is 222 g/mol. The number of hydrogen-bond donors (Lipinski definition) is 3. The van der Waals surface area contributed by atoms with Gasteiger partial charge in [0.1, 0.15) is 6.04 Å². The van der Waals surface area contributed by atoms with Crippen molar-refractivity contribution >= 4 is 11.9 Å². The Morgan fingerprint density at radius 2 is 1.76 bits per heavy atom. The third-order valence-corrected chi connectivity index (χ3v) is 2.62. The minimum absolute atomic E-state index is 0.295. The van der Waals surface area contributed by atoms with Crippen LogP contribution in [0.1, 0.15) is 23.5 Å². The molecule has 0 aliphatic carbocycles. The molecule has 0 saturated heterocycles. The van der Waals surface area contributed by atoms with Crippen molar-refractivity contribution in [1.29, 1.82) is 0 Å². The van der Waals surface area contributed by atoms with Crippen LogP contribution in [0.15, 0.2) is 24.3 Å². The first kappa shape index (κ1) is 13.2. The highest BCUT2D eigenvalue weighted by Gasteiger charge is 2.27. The first-order chi connectivity index (χ1) is 7.91. The first-order valence-electron chi connectivity index (χ1n) is 5.18. The molecule has 0 unspecified atom stereocenters. The molecular formula is C12H15NO4. The third kappa shape index (κ3) is 3.57. The lowest BCUT2D eigenvalue weighted by Crippen LogP contribution is -2.37. The van der Waals surface area contributed by atoms with Gasteiger partial charge in [0.2, 0.25) is 0 Å². The molecule has 0 aliphatic rings. The maximum absolute atomic E-state index is 10.8. The molecule has 0 fully saturated rings. The fraction of sp³-hybridized carbons (Fsp3) is 0.333. The topological polar surface area (TPSA) is 101 Å². The van der Waals surface area contributed by atoms with E-state index in [1.165, 1.54) is 0 Å². The van der Waals surface area contributed by atoms with Gasteiger partial charge in [-0.3, -0.25) is 9.59 Å². The molecule has 1 rings (SSSR count). The quantitative estimate of drug-likeness (QED) is 0.708. The number of carbonyl (C=O) groups is 2. The largest absolute Gasteiger partial charge is 0.481 e. The van der Waals surface area contributed by atoms with Gasteiger partial charge < -0.3 is 15.9 Å². The van der Waals surface area contributed by atoms with Gasteiger partial charge in [0, 0.05) is 5.92 Å². The smallest absolute Gasteiger partial charge is 0.321 e. The average Bonchev–Trinajstić information content (AvgIpc) is 2.26. The van der Waals surface area contributed by atoms with E-state index in [9.17, 15) is 9.59 Å². The van der Waals surface area contributed by atoms with Crippen LogP contribution in [0.2, 0.25) is 0 Å². The number of carboxylic acids is 2. The highest BCUT2D eigenvalue weighted by molar-refractivity contribution is 5.77. The molecule has 4 N–H and O–H groups in total. The summed E-state index contributed by atoms with van der Waals surface area (Å²) in [5.41, 5.74) is 7.17. The zero-order valence-corrected chi connectivity index (χ0v) is 9.46. The fourth-order valence-electron chi connectivity index (χ4n) is 1.63. The second-order valence-electron chi connectivity index (χ2n) is 3.98. The Bertz CT molecular complexity index is 413. The van der Waals surface area contributed by atoms with E-state index in [0.717, 1.165) is 5.56 Å². The molecule has 5 nitrogen and oxygen atoms in total. The zero-order chi connectivity index (χ0) is 13.0. The number of benzene rings is 1. The molecule has 1 aromatic rings. The number of aryl methyl sites for hydroxylation is 1. The Balaban J connectivity index is 3.01. The van der Waals surface area contributed by atoms with Gasteiger partial charge in [0.05, 0.1) is 6.42 Å². The van der Waals surface area contributed by atoms with E-state index in [-0.39, 0.29) is 6.42 Å². The standard InChI is InChI=1S/C12H15NO4/c1-7-2-4-8(5-3-7)9(6-10(14)15)11(13)12(16)17/h2-5,9,11H,6,13H2,1H3,(H,14,15)(H,16,17)/t9-,11-/m1/s1. The minimum Gasteiger partial charge on any atom is -0.481 e. The van der Waals surface area contributed by atoms with E-state index in [0.29, 0.717) is 5.56 Å². The number of hydrogen-bond acceptors (Lipinski definition) is 3. The molecule has 92 valence electrons. The van der Waals surface area contributed by atoms with Crippen molar-refractivity contribution in [2.24, 2.45) is 5.73 Å². The van der Waals surface area contributed by atoms with Crippen LogP contribution in [-0.4, -0.2) is 28.2 Å². The molecule has 0 heterocycles. The molecule has 17 heavy (non-hydrogen) atoms. The van der Waals surface area contributed by atoms with Crippen molar-refractivity contribution in [3.05, 3.63) is 35.4 Å². The molecule has 2 atom stereocenters. The molecule has 0 amide bonds. The molecule has 1 aromatic carbocycles. The van der Waals surface area contributed by atoms with Gasteiger partial charge in [-0.1, -0.05) is 29.8 Å². The summed E-state index contributed by atoms with van der Waals surface area (Å²) in [6.45, 7) is 1.90. The Hall–Kier alpha value is -1.88. The third-order valence-electron chi connectivity index (χ3n) is 2.62. The number of carboxylic acid groups (broad SMARTS) is 2. The first-order valence-corrected chi connectivity index (χ1v) is 5.18. The zero-order valence-electron chi connectivity index (χ0n) is 9.46. The maximum Gasteiger partial charge on any atom is 0.321 e. The van der Waals surface area contributed by atoms with Crippen LogP contribution in [0.25, 0.3) is 0 Å². The van der Waals surface area contributed by atoms with Crippen molar-refractivity contribution in [2.45, 2.75) is 25.3 Å². The highest BCUT2D eigenvalue weighted by Crippen LogP contribution is 2.23. The Labute approximate surface area is 98.9 Å². The monoisotopic (exact) mass is 237 g/mol. The maximum atomic E-state index is 10.8. The summed E-state index contributed by atoms with van der Waals surface area (Å²) < 4.78 is 0. The van der Waals surface area contributed by atoms with Crippen LogP contribution in [0.3, 0.4) is 0 Å². The van der Waals surface area contributed by atoms with E-state index in [1.807, 2.05) is 6.92 Å². The van der Waals surface area contributed by atoms with Crippen molar-refractivity contribution in [3.63, 3.8) is 0 Å². The van der Waals surface area contributed by atoms with Gasteiger partial charge in [-0.25, -0.2) is 0 Å². The van der Waals surface area contributed by atoms with Crippen molar-refractivity contribution in [1.82, 2.24) is 0 Å². The Kier molecular flexibility index (Phi) is 4.23. The van der Waals surface area contributed by atoms with Gasteiger partial charge >= 0.3 is 11.9 Å². The Morgan fingerprint density at radius 1 is 1.24 bits per heavy atom. The summed E-state index contributed by atoms with van der Waals surface area (Å²) >= 11 is 0. The van der Waals surface area contributed by atoms with Crippen LogP contribution in [0, 0.1) is 6.92 Å². The van der Waals surface area contributed by atoms with Crippen LogP contribution in [0.5, 0.6) is 0 Å². The lowest BCUT2D eigenvalue weighted by molar-refractivity contribution is -0.140. The summed E-state index contributed by atoms with van der Waals surface area (Å²) in [4.78, 5) is 21.6. The van der Waals surface area contributed by atoms with Crippen LogP contribution in [-0.2, 0) is 9.59 Å². The molecule has 0 spiro atoms. The van der Waals surface area contributed by atoms with Crippen LogP contribution < -0.4 is 5.73 Å². The second-order valence-corrected chi connectivity index (χ2v) is 3.98. The fourth-order valence-corrected chi connectivity index (χ4v) is 1.63. The second kappa shape index (κ2) is 5.45. The molecule has 5 heteroatoms. The van der Waals surface area contributed by atoms with E-state index >= 15 is 0 Å². The summed E-state index contributed by atoms with van der Waals surface area (Å²) in [5.74, 6) is -2.98. The van der Waals surface area contributed by atoms with E-state index in [4.69, 9.17) is 15.9 Å². The van der Waals surface area contributed by atoms with E-state index in [2.05, 4.69) is 0 Å². The lowest BCUT2D eigenvalue weighted by atomic mass is 9.88. The predicted molar refractivity (Wildman–Crippen MR) is 61.8 cm³/mol. The van der Waals surface area contributed by atoms with Crippen LogP contribution in [0.4, 0.5) is 0 Å². The van der Waals surface area contributed by atoms with Crippen molar-refractivity contribution in [3.8, 4) is 0 Å². The minimum atomic E-state index is -1.21. The van der Waals surface area contributed by atoms with Crippen LogP contribution >= 0.6 is 0 Å². The Morgan fingerprint density at radius 3 is 2.18 bits per heavy atom. The summed E-state index contributed by atoms with van der Waals surface area (Å²) in [6.07, 6.45) is -0.295. The van der Waals surface area contributed by atoms with Gasteiger partial charge in [0.15, 0.2) is 0 Å². The average molecular weight is 237 g/mol. The molecule has 0 aliphatic heterocycles. The molecule has 0 saturated carbocycles. The van der Waals surface area contributed by atoms with Crippen molar-refractivity contribution < 1.29 is 19.8 Å². The molecule has 0 bridgehead atoms. The van der Waals surface area contributed by atoms with Crippen molar-refractivity contribution in [2.75, 3.05) is 0 Å². The van der Waals surface area contributed by atoms with Gasteiger partial charge in [0.25, 0.3) is 0 Å². The van der Waals surface area contributed by atoms with E-state index < -0.39 is 23.9 Å². The number of aliphatic carboxylic acids is 2. The summed E-state index contributed by atoms with van der Waals surface area (Å²) in [5, 5.41) is 17.6. The molecule has 0 aromatic heterocycles. The lowest BCUT2D eigenvalue weighted by Gasteiger charge is -2.19. The number of nitrogens with two attached hydrogens (primary N) is 1. The summed E-state index contributed by atoms with van der Waals surface area (Å²) in [6, 6.07) is 5.82. The summed E-state index contributed by atoms with van der Waals surface area (Å²) in [7, 11) is 0. The normalized spacial score (nSPS) is 14.0. The van der Waals surface area contributed by atoms with Gasteiger partial charge in [-0.15, -0.1) is 0 Å². The highest BCUT2D eigenvalue weighted by atomic mass is 16.4. The predicted octanol–water partition coefficient (Wildman–Crippen LogP) is 0.965.